The largest absolute Gasteiger partial charge is 0.227 e. The van der Waals surface area contributed by atoms with E-state index in [1.54, 1.807) is 0 Å². The van der Waals surface area contributed by atoms with Gasteiger partial charge < -0.3 is 0 Å². The van der Waals surface area contributed by atoms with E-state index in [4.69, 9.17) is 11.7 Å². The van der Waals surface area contributed by atoms with Crippen molar-refractivity contribution in [3.8, 4) is 18.4 Å². The highest BCUT2D eigenvalue weighted by atomic mass is 19.1. The summed E-state index contributed by atoms with van der Waals surface area (Å²) in [5.41, 5.74) is 0.977. The van der Waals surface area contributed by atoms with Crippen LogP contribution in [0, 0.1) is 29.6 Å². The van der Waals surface area contributed by atoms with Gasteiger partial charge in [0.2, 0.25) is 5.95 Å². The van der Waals surface area contributed by atoms with Crippen LogP contribution in [0.25, 0.3) is 0 Å². The number of nitrogens with zero attached hydrogens (tertiary/aromatic N) is 2. The molecule has 1 aromatic heterocycles. The van der Waals surface area contributed by atoms with Gasteiger partial charge in [0.15, 0.2) is 0 Å². The summed E-state index contributed by atoms with van der Waals surface area (Å²) in [6.07, 6.45) is 6.47. The molecular formula is C9H5FN2. The third-order valence-electron chi connectivity index (χ3n) is 1.38. The van der Waals surface area contributed by atoms with Crippen LogP contribution >= 0.6 is 0 Å². The van der Waals surface area contributed by atoms with Crippen molar-refractivity contribution in [2.75, 3.05) is 0 Å². The topological polar surface area (TPSA) is 36.7 Å². The first-order valence-electron chi connectivity index (χ1n) is 3.26. The normalized spacial score (nSPS) is 8.58. The molecule has 0 saturated carbocycles. The molecule has 1 heterocycles. The first-order valence-corrected chi connectivity index (χ1v) is 3.26. The van der Waals surface area contributed by atoms with E-state index >= 15 is 0 Å². The number of aromatic nitrogens is 1. The van der Waals surface area contributed by atoms with Crippen LogP contribution < -0.4 is 0 Å². The van der Waals surface area contributed by atoms with Crippen LogP contribution in [0.3, 0.4) is 0 Å². The third-order valence-corrected chi connectivity index (χ3v) is 1.38. The van der Waals surface area contributed by atoms with E-state index in [0.29, 0.717) is 11.1 Å². The second-order valence-electron chi connectivity index (χ2n) is 2.14. The van der Waals surface area contributed by atoms with Crippen LogP contribution in [0.15, 0.2) is 12.3 Å². The van der Waals surface area contributed by atoms with Crippen molar-refractivity contribution in [3.05, 3.63) is 29.3 Å². The van der Waals surface area contributed by atoms with Crippen molar-refractivity contribution in [1.82, 2.24) is 4.98 Å². The Hall–Kier alpha value is -1.87. The molecule has 0 saturated heterocycles. The van der Waals surface area contributed by atoms with Crippen LogP contribution in [0.1, 0.15) is 11.1 Å². The smallest absolute Gasteiger partial charge is 0.213 e. The van der Waals surface area contributed by atoms with Crippen molar-refractivity contribution in [2.45, 2.75) is 6.42 Å². The highest BCUT2D eigenvalue weighted by Gasteiger charge is 2.01. The highest BCUT2D eigenvalue weighted by molar-refractivity contribution is 5.38. The van der Waals surface area contributed by atoms with Gasteiger partial charge >= 0.3 is 0 Å². The molecule has 0 radical (unpaired) electrons. The molecule has 0 N–H and O–H groups in total. The van der Waals surface area contributed by atoms with E-state index in [1.165, 1.54) is 12.3 Å². The number of terminal acetylenes is 1. The summed E-state index contributed by atoms with van der Waals surface area (Å²) in [5.74, 6) is 1.72. The summed E-state index contributed by atoms with van der Waals surface area (Å²) in [5, 5.41) is 8.37. The average Bonchev–Trinajstić information content (AvgIpc) is 2.05. The lowest BCUT2D eigenvalue weighted by atomic mass is 10.1. The molecule has 0 amide bonds. The lowest BCUT2D eigenvalue weighted by Gasteiger charge is -1.97. The van der Waals surface area contributed by atoms with Gasteiger partial charge in [-0.1, -0.05) is 5.92 Å². The van der Waals surface area contributed by atoms with Crippen LogP contribution in [-0.4, -0.2) is 4.98 Å². The van der Waals surface area contributed by atoms with E-state index in [0.717, 1.165) is 0 Å². The molecule has 0 aliphatic rings. The maximum absolute atomic E-state index is 12.5. The summed E-state index contributed by atoms with van der Waals surface area (Å²) in [4.78, 5) is 3.37. The van der Waals surface area contributed by atoms with Crippen molar-refractivity contribution in [1.29, 1.82) is 5.26 Å². The lowest BCUT2D eigenvalue weighted by Crippen LogP contribution is -1.92. The molecule has 0 aliphatic heterocycles. The Kier molecular flexibility index (Phi) is 2.40. The first kappa shape index (κ1) is 8.23. The Morgan fingerprint density at radius 1 is 1.67 bits per heavy atom. The second kappa shape index (κ2) is 3.50. The van der Waals surface area contributed by atoms with Gasteiger partial charge in [0, 0.05) is 11.8 Å². The quantitative estimate of drug-likeness (QED) is 0.458. The zero-order valence-electron chi connectivity index (χ0n) is 6.21. The molecule has 58 valence electrons. The maximum Gasteiger partial charge on any atom is 0.213 e. The fourth-order valence-electron chi connectivity index (χ4n) is 0.829. The zero-order chi connectivity index (χ0) is 8.97. The minimum atomic E-state index is -0.612. The zero-order valence-corrected chi connectivity index (χ0v) is 6.21. The Bertz CT molecular complexity index is 371. The number of halogens is 1. The maximum atomic E-state index is 12.5. The van der Waals surface area contributed by atoms with E-state index in [2.05, 4.69) is 10.9 Å². The molecule has 1 aromatic rings. The van der Waals surface area contributed by atoms with E-state index in [9.17, 15) is 4.39 Å². The predicted octanol–water partition coefficient (Wildman–Crippen LogP) is 1.27. The number of hydrogen-bond donors (Lipinski definition) is 0. The molecule has 3 heteroatoms. The fraction of sp³-hybridized carbons (Fsp3) is 0.111. The van der Waals surface area contributed by atoms with Gasteiger partial charge in [-0.05, 0) is 11.6 Å². The van der Waals surface area contributed by atoms with Crippen molar-refractivity contribution < 1.29 is 4.39 Å². The van der Waals surface area contributed by atoms with Gasteiger partial charge in [0.05, 0.1) is 12.5 Å². The molecule has 0 spiro atoms. The Morgan fingerprint density at radius 2 is 2.42 bits per heavy atom. The molecule has 0 bridgehead atoms. The van der Waals surface area contributed by atoms with Gasteiger partial charge in [0.1, 0.15) is 0 Å². The summed E-state index contributed by atoms with van der Waals surface area (Å²) < 4.78 is 12.5. The van der Waals surface area contributed by atoms with E-state index in [-0.39, 0.29) is 6.42 Å². The number of pyridine rings is 1. The van der Waals surface area contributed by atoms with Crippen LogP contribution in [0.4, 0.5) is 4.39 Å². The van der Waals surface area contributed by atoms with E-state index < -0.39 is 5.95 Å². The Balaban J connectivity index is 3.16. The minimum absolute atomic E-state index is 0.110. The average molecular weight is 160 g/mol. The summed E-state index contributed by atoms with van der Waals surface area (Å²) in [7, 11) is 0. The Morgan fingerprint density at radius 3 is 3.00 bits per heavy atom. The minimum Gasteiger partial charge on any atom is -0.227 e. The molecule has 0 aromatic carbocycles. The van der Waals surface area contributed by atoms with Crippen molar-refractivity contribution in [2.24, 2.45) is 0 Å². The molecule has 0 fully saturated rings. The monoisotopic (exact) mass is 160 g/mol. The van der Waals surface area contributed by atoms with Crippen LogP contribution in [0.2, 0.25) is 0 Å². The molecule has 0 aliphatic carbocycles. The number of hydrogen-bond acceptors (Lipinski definition) is 2. The molecule has 0 unspecified atom stereocenters. The summed E-state index contributed by atoms with van der Waals surface area (Å²) in [6, 6.07) is 3.07. The molecule has 12 heavy (non-hydrogen) atoms. The molecule has 1 rings (SSSR count). The predicted molar refractivity (Wildman–Crippen MR) is 41.4 cm³/mol. The van der Waals surface area contributed by atoms with Gasteiger partial charge in [-0.2, -0.15) is 9.65 Å². The molecular weight excluding hydrogens is 155 g/mol. The Labute approximate surface area is 69.7 Å². The van der Waals surface area contributed by atoms with Crippen molar-refractivity contribution >= 4 is 0 Å². The number of nitriles is 1. The van der Waals surface area contributed by atoms with Crippen molar-refractivity contribution in [3.63, 3.8) is 0 Å². The standard InChI is InChI=1S/C9H5FN2/c1-2-7-6-12-9(10)5-8(7)3-4-11/h1,5-6H,3H2. The van der Waals surface area contributed by atoms with E-state index in [1.807, 2.05) is 6.07 Å². The van der Waals surface area contributed by atoms with Gasteiger partial charge in [0.25, 0.3) is 0 Å². The SMILES string of the molecule is C#Cc1cnc(F)cc1CC#N. The summed E-state index contributed by atoms with van der Waals surface area (Å²) in [6.45, 7) is 0. The van der Waals surface area contributed by atoms with Gasteiger partial charge in [-0.25, -0.2) is 4.98 Å². The van der Waals surface area contributed by atoms with Crippen LogP contribution in [-0.2, 0) is 6.42 Å². The summed E-state index contributed by atoms with van der Waals surface area (Å²) >= 11 is 0. The molecule has 2 nitrogen and oxygen atoms in total. The third kappa shape index (κ3) is 1.59. The number of rotatable bonds is 1. The van der Waals surface area contributed by atoms with Gasteiger partial charge in [-0.3, -0.25) is 0 Å². The fourth-order valence-corrected chi connectivity index (χ4v) is 0.829. The molecule has 0 atom stereocenters. The first-order chi connectivity index (χ1) is 5.77. The van der Waals surface area contributed by atoms with Crippen LogP contribution in [0.5, 0.6) is 0 Å². The lowest BCUT2D eigenvalue weighted by molar-refractivity contribution is 0.581. The highest BCUT2D eigenvalue weighted by Crippen LogP contribution is 2.07. The second-order valence-corrected chi connectivity index (χ2v) is 2.14. The van der Waals surface area contributed by atoms with Gasteiger partial charge in [-0.15, -0.1) is 6.42 Å².